The number of nitrogens with one attached hydrogen (secondary N) is 2. The number of hydrogen-bond acceptors (Lipinski definition) is 5. The highest BCUT2D eigenvalue weighted by molar-refractivity contribution is 5.80. The molecule has 0 saturated carbocycles. The molecular formula is C24H34N4O3. The quantitative estimate of drug-likeness (QED) is 0.423. The average Bonchev–Trinajstić information content (AvgIpc) is 3.23. The number of aliphatic hydroxyl groups is 1. The molecule has 168 valence electrons. The van der Waals surface area contributed by atoms with E-state index in [-0.39, 0.29) is 6.61 Å². The molecule has 0 amide bonds. The van der Waals surface area contributed by atoms with Crippen molar-refractivity contribution < 1.29 is 14.6 Å². The van der Waals surface area contributed by atoms with Gasteiger partial charge in [0.2, 0.25) is 0 Å². The molecule has 7 heteroatoms. The number of nitrogens with zero attached hydrogens (tertiary/aromatic N) is 2. The highest BCUT2D eigenvalue weighted by Gasteiger charge is 2.23. The zero-order chi connectivity index (χ0) is 22.1. The van der Waals surface area contributed by atoms with Gasteiger partial charge in [-0.05, 0) is 42.2 Å². The van der Waals surface area contributed by atoms with Gasteiger partial charge in [-0.25, -0.2) is 4.99 Å². The van der Waals surface area contributed by atoms with Gasteiger partial charge in [-0.1, -0.05) is 24.3 Å². The second-order valence-corrected chi connectivity index (χ2v) is 7.71. The lowest BCUT2D eigenvalue weighted by atomic mass is 10.1. The third kappa shape index (κ3) is 6.60. The predicted molar refractivity (Wildman–Crippen MR) is 124 cm³/mol. The summed E-state index contributed by atoms with van der Waals surface area (Å²) in [4.78, 5) is 7.17. The Labute approximate surface area is 185 Å². The van der Waals surface area contributed by atoms with Gasteiger partial charge in [-0.2, -0.15) is 0 Å². The minimum Gasteiger partial charge on any atom is -0.497 e. The number of hydrogen-bond donors (Lipinski definition) is 3. The number of ether oxygens (including phenoxy) is 2. The maximum absolute atomic E-state index is 9.53. The normalized spacial score (nSPS) is 16.9. The molecule has 0 spiro atoms. The SMILES string of the molecule is CCNC(=NCc1ccccc1CO)NC1CCN(Cc2cc(OC)cc(OC)c2)C1. The molecule has 1 fully saturated rings. The fraction of sp³-hybridized carbons (Fsp3) is 0.458. The van der Waals surface area contributed by atoms with Gasteiger partial charge in [0.25, 0.3) is 0 Å². The molecule has 0 aliphatic carbocycles. The van der Waals surface area contributed by atoms with Crippen LogP contribution in [0.15, 0.2) is 47.5 Å². The molecule has 1 saturated heterocycles. The van der Waals surface area contributed by atoms with E-state index in [0.29, 0.717) is 12.6 Å². The Kier molecular flexibility index (Phi) is 8.55. The van der Waals surface area contributed by atoms with Crippen LogP contribution in [-0.2, 0) is 19.7 Å². The van der Waals surface area contributed by atoms with Gasteiger partial charge >= 0.3 is 0 Å². The number of benzene rings is 2. The lowest BCUT2D eigenvalue weighted by Crippen LogP contribution is -2.44. The second kappa shape index (κ2) is 11.6. The largest absolute Gasteiger partial charge is 0.497 e. The molecule has 1 aliphatic rings. The van der Waals surface area contributed by atoms with Crippen molar-refractivity contribution >= 4 is 5.96 Å². The van der Waals surface area contributed by atoms with Crippen LogP contribution in [-0.4, -0.2) is 55.9 Å². The number of aliphatic hydroxyl groups excluding tert-OH is 1. The van der Waals surface area contributed by atoms with Crippen molar-refractivity contribution in [3.05, 3.63) is 59.2 Å². The van der Waals surface area contributed by atoms with E-state index in [1.54, 1.807) is 14.2 Å². The van der Waals surface area contributed by atoms with Crippen molar-refractivity contribution in [3.63, 3.8) is 0 Å². The van der Waals surface area contributed by atoms with Crippen LogP contribution in [0.3, 0.4) is 0 Å². The minimum atomic E-state index is 0.0301. The first-order valence-electron chi connectivity index (χ1n) is 10.8. The Hall–Kier alpha value is -2.77. The van der Waals surface area contributed by atoms with Crippen LogP contribution in [0.1, 0.15) is 30.0 Å². The van der Waals surface area contributed by atoms with Crippen molar-refractivity contribution in [1.29, 1.82) is 0 Å². The lowest BCUT2D eigenvalue weighted by Gasteiger charge is -2.19. The summed E-state index contributed by atoms with van der Waals surface area (Å²) in [7, 11) is 3.35. The maximum atomic E-state index is 9.53. The summed E-state index contributed by atoms with van der Waals surface area (Å²) in [6, 6.07) is 14.2. The topological polar surface area (TPSA) is 78.4 Å². The zero-order valence-corrected chi connectivity index (χ0v) is 18.7. The molecule has 1 heterocycles. The van der Waals surface area contributed by atoms with E-state index in [0.717, 1.165) is 61.2 Å². The fourth-order valence-corrected chi connectivity index (χ4v) is 3.85. The van der Waals surface area contributed by atoms with E-state index in [1.165, 1.54) is 5.56 Å². The van der Waals surface area contributed by atoms with E-state index in [9.17, 15) is 5.11 Å². The number of guanidine groups is 1. The summed E-state index contributed by atoms with van der Waals surface area (Å²) in [5.74, 6) is 2.44. The van der Waals surface area contributed by atoms with Gasteiger partial charge < -0.3 is 25.2 Å². The van der Waals surface area contributed by atoms with Gasteiger partial charge in [0.1, 0.15) is 11.5 Å². The van der Waals surface area contributed by atoms with Gasteiger partial charge in [0.15, 0.2) is 5.96 Å². The molecule has 0 radical (unpaired) electrons. The van der Waals surface area contributed by atoms with Crippen LogP contribution in [0.25, 0.3) is 0 Å². The highest BCUT2D eigenvalue weighted by atomic mass is 16.5. The number of likely N-dealkylation sites (tertiary alicyclic amines) is 1. The smallest absolute Gasteiger partial charge is 0.191 e. The van der Waals surface area contributed by atoms with Gasteiger partial charge in [-0.15, -0.1) is 0 Å². The Balaban J connectivity index is 1.59. The van der Waals surface area contributed by atoms with Crippen molar-refractivity contribution in [3.8, 4) is 11.5 Å². The summed E-state index contributed by atoms with van der Waals surface area (Å²) < 4.78 is 10.8. The van der Waals surface area contributed by atoms with E-state index in [4.69, 9.17) is 14.5 Å². The lowest BCUT2D eigenvalue weighted by molar-refractivity contribution is 0.280. The summed E-state index contributed by atoms with van der Waals surface area (Å²) in [6.07, 6.45) is 1.05. The predicted octanol–water partition coefficient (Wildman–Crippen LogP) is 2.53. The van der Waals surface area contributed by atoms with Crippen molar-refractivity contribution in [2.24, 2.45) is 4.99 Å². The molecule has 0 bridgehead atoms. The Morgan fingerprint density at radius 1 is 1.13 bits per heavy atom. The summed E-state index contributed by atoms with van der Waals surface area (Å²) in [6.45, 7) is 6.24. The number of methoxy groups -OCH3 is 2. The fourth-order valence-electron chi connectivity index (χ4n) is 3.85. The molecule has 0 aromatic heterocycles. The van der Waals surface area contributed by atoms with Gasteiger partial charge in [0.05, 0.1) is 27.4 Å². The van der Waals surface area contributed by atoms with E-state index < -0.39 is 0 Å². The van der Waals surface area contributed by atoms with Crippen LogP contribution in [0.2, 0.25) is 0 Å². The molecule has 2 aromatic carbocycles. The monoisotopic (exact) mass is 426 g/mol. The Bertz CT molecular complexity index is 849. The molecule has 1 unspecified atom stereocenters. The summed E-state index contributed by atoms with van der Waals surface area (Å²) in [5.41, 5.74) is 3.14. The number of rotatable bonds is 9. The van der Waals surface area contributed by atoms with Crippen LogP contribution >= 0.6 is 0 Å². The van der Waals surface area contributed by atoms with E-state index in [2.05, 4.69) is 34.6 Å². The van der Waals surface area contributed by atoms with Crippen LogP contribution in [0.5, 0.6) is 11.5 Å². The molecule has 3 rings (SSSR count). The molecule has 1 aliphatic heterocycles. The maximum Gasteiger partial charge on any atom is 0.191 e. The van der Waals surface area contributed by atoms with Gasteiger partial charge in [-0.3, -0.25) is 4.90 Å². The first kappa shape index (κ1) is 22.9. The minimum absolute atomic E-state index is 0.0301. The molecule has 2 aromatic rings. The first-order valence-corrected chi connectivity index (χ1v) is 10.8. The van der Waals surface area contributed by atoms with Crippen LogP contribution < -0.4 is 20.1 Å². The molecule has 7 nitrogen and oxygen atoms in total. The average molecular weight is 427 g/mol. The Morgan fingerprint density at radius 2 is 1.84 bits per heavy atom. The third-order valence-corrected chi connectivity index (χ3v) is 5.47. The standard InChI is InChI=1S/C24H34N4O3/c1-4-25-24(26-14-19-7-5-6-8-20(19)17-29)27-21-9-10-28(16-21)15-18-11-22(30-2)13-23(12-18)31-3/h5-8,11-13,21,29H,4,9-10,14-17H2,1-3H3,(H2,25,26,27). The van der Waals surface area contributed by atoms with Crippen molar-refractivity contribution in [2.75, 3.05) is 33.9 Å². The molecule has 1 atom stereocenters. The first-order chi connectivity index (χ1) is 15.1. The summed E-state index contributed by atoms with van der Waals surface area (Å²) >= 11 is 0. The highest BCUT2D eigenvalue weighted by Crippen LogP contribution is 2.24. The van der Waals surface area contributed by atoms with Crippen molar-refractivity contribution in [1.82, 2.24) is 15.5 Å². The van der Waals surface area contributed by atoms with Crippen molar-refractivity contribution in [2.45, 2.75) is 39.1 Å². The van der Waals surface area contributed by atoms with E-state index >= 15 is 0 Å². The second-order valence-electron chi connectivity index (χ2n) is 7.71. The molecule has 3 N–H and O–H groups in total. The summed E-state index contributed by atoms with van der Waals surface area (Å²) in [5, 5.41) is 16.4. The van der Waals surface area contributed by atoms with E-state index in [1.807, 2.05) is 30.3 Å². The molecule has 31 heavy (non-hydrogen) atoms. The third-order valence-electron chi connectivity index (χ3n) is 5.47. The van der Waals surface area contributed by atoms with Gasteiger partial charge in [0, 0.05) is 38.3 Å². The Morgan fingerprint density at radius 3 is 2.48 bits per heavy atom. The number of aliphatic imine (C=N–C) groups is 1. The zero-order valence-electron chi connectivity index (χ0n) is 18.7. The molecular weight excluding hydrogens is 392 g/mol. The van der Waals surface area contributed by atoms with Crippen LogP contribution in [0.4, 0.5) is 0 Å². The van der Waals surface area contributed by atoms with Crippen LogP contribution in [0, 0.1) is 0 Å².